The van der Waals surface area contributed by atoms with Gasteiger partial charge in [0.05, 0.1) is 29.7 Å². The summed E-state index contributed by atoms with van der Waals surface area (Å²) in [6.45, 7) is 20.1. The molecule has 13 heteroatoms. The molecule has 0 aliphatic rings. The zero-order valence-corrected chi connectivity index (χ0v) is 29.0. The largest absolute Gasteiger partial charge is 0.500 e. The lowest BCUT2D eigenvalue weighted by atomic mass is 9.99. The minimum absolute atomic E-state index is 0.0163. The maximum absolute atomic E-state index is 13.0. The van der Waals surface area contributed by atoms with Crippen LogP contribution >= 0.6 is 0 Å². The number of aliphatic imine (C=N–C) groups is 1. The van der Waals surface area contributed by atoms with Crippen molar-refractivity contribution in [2.75, 3.05) is 18.5 Å². The minimum Gasteiger partial charge on any atom is -0.500 e. The number of aliphatic hydroxyl groups excluding tert-OH is 1. The maximum atomic E-state index is 13.0. The van der Waals surface area contributed by atoms with Crippen LogP contribution in [0.2, 0.25) is 0 Å². The molecule has 0 heterocycles. The van der Waals surface area contributed by atoms with Crippen LogP contribution in [0.15, 0.2) is 71.3 Å². The zero-order valence-electron chi connectivity index (χ0n) is 29.0. The van der Waals surface area contributed by atoms with Crippen molar-refractivity contribution in [1.82, 2.24) is 16.0 Å². The molecule has 0 aliphatic carbocycles. The average molecular weight is 667 g/mol. The summed E-state index contributed by atoms with van der Waals surface area (Å²) < 4.78 is 5.83. The van der Waals surface area contributed by atoms with Gasteiger partial charge in [-0.15, -0.1) is 0 Å². The number of ether oxygens (including phenoxy) is 1. The molecule has 1 aromatic carbocycles. The van der Waals surface area contributed by atoms with E-state index in [0.29, 0.717) is 30.0 Å². The molecule has 0 bridgehead atoms. The van der Waals surface area contributed by atoms with E-state index in [1.165, 1.54) is 12.9 Å². The van der Waals surface area contributed by atoms with Gasteiger partial charge in [0.1, 0.15) is 11.5 Å². The molecule has 0 aliphatic heterocycles. The summed E-state index contributed by atoms with van der Waals surface area (Å²) in [6, 6.07) is 5.26. The summed E-state index contributed by atoms with van der Waals surface area (Å²) in [6.07, 6.45) is 2.34. The van der Waals surface area contributed by atoms with Crippen LogP contribution in [0.4, 0.5) is 5.69 Å². The summed E-state index contributed by atoms with van der Waals surface area (Å²) in [5.41, 5.74) is 6.19. The monoisotopic (exact) mass is 666 g/mol. The average Bonchev–Trinajstić information content (AvgIpc) is 2.97. The maximum Gasteiger partial charge on any atom is 0.275 e. The van der Waals surface area contributed by atoms with Gasteiger partial charge in [-0.05, 0) is 91.1 Å². The number of benzene rings is 1. The van der Waals surface area contributed by atoms with E-state index >= 15 is 0 Å². The second-order valence-corrected chi connectivity index (χ2v) is 12.7. The van der Waals surface area contributed by atoms with Crippen LogP contribution in [0, 0.1) is 0 Å². The minimum atomic E-state index is -1.14. The van der Waals surface area contributed by atoms with E-state index in [9.17, 15) is 29.1 Å². The van der Waals surface area contributed by atoms with Gasteiger partial charge in [0, 0.05) is 36.2 Å². The van der Waals surface area contributed by atoms with Gasteiger partial charge in [0.15, 0.2) is 11.7 Å². The Morgan fingerprint density at radius 1 is 1.10 bits per heavy atom. The highest BCUT2D eigenvalue weighted by Crippen LogP contribution is 2.18. The molecular formula is C35H50N6O7. The predicted octanol–water partition coefficient (Wildman–Crippen LogP) is 3.78. The molecule has 1 atom stereocenters. The summed E-state index contributed by atoms with van der Waals surface area (Å²) in [5, 5.41) is 21.2. The summed E-state index contributed by atoms with van der Waals surface area (Å²) in [4.78, 5) is 65.1. The first-order chi connectivity index (χ1) is 22.3. The third-order valence-corrected chi connectivity index (χ3v) is 6.88. The van der Waals surface area contributed by atoms with E-state index < -0.39 is 34.8 Å². The first-order valence-electron chi connectivity index (χ1n) is 15.5. The van der Waals surface area contributed by atoms with Crippen LogP contribution < -0.4 is 27.0 Å². The molecule has 0 aromatic heterocycles. The Morgan fingerprint density at radius 3 is 2.25 bits per heavy atom. The van der Waals surface area contributed by atoms with Gasteiger partial charge in [-0.1, -0.05) is 19.2 Å². The second-order valence-electron chi connectivity index (χ2n) is 12.7. The third-order valence-electron chi connectivity index (χ3n) is 6.88. The fraction of sp³-hybridized carbons (Fsp3) is 0.457. The molecule has 3 amide bonds. The molecule has 0 spiro atoms. The summed E-state index contributed by atoms with van der Waals surface area (Å²) in [7, 11) is 0. The van der Waals surface area contributed by atoms with Gasteiger partial charge < -0.3 is 36.8 Å². The molecule has 262 valence electrons. The standard InChI is InChI=1S/C35H50N6O7/c1-10-26(39-31(22(2)3)33(47)38-24(5)36)20-37-27-13-11-25(12-14-27)32(46)40-28(29(44)21-42)15-16-30(45)41-34(6,7)17-18-48-35(8,9)19-23(4)43/h10-14,28,37,44H,2,5,15-20,36H2,1,3-4,6-9H3,(H,38,47)(H,40,46)(H,41,45)/b26-10-,39-31?. The van der Waals surface area contributed by atoms with Crippen molar-refractivity contribution in [3.63, 3.8) is 0 Å². The Kier molecular flexibility index (Phi) is 16.2. The van der Waals surface area contributed by atoms with Crippen LogP contribution in [0.1, 0.15) is 84.5 Å². The Bertz CT molecular complexity index is 1470. The zero-order chi connectivity index (χ0) is 36.7. The topological polar surface area (TPSA) is 201 Å². The number of allylic oxidation sites excluding steroid dienone is 1. The summed E-state index contributed by atoms with van der Waals surface area (Å²) in [5.74, 6) is -0.776. The van der Waals surface area contributed by atoms with Gasteiger partial charge >= 0.3 is 0 Å². The van der Waals surface area contributed by atoms with Crippen molar-refractivity contribution in [3.05, 3.63) is 71.9 Å². The van der Waals surface area contributed by atoms with E-state index in [2.05, 4.69) is 39.4 Å². The smallest absolute Gasteiger partial charge is 0.275 e. The normalized spacial score (nSPS) is 12.6. The van der Waals surface area contributed by atoms with Gasteiger partial charge in [0.2, 0.25) is 5.91 Å². The lowest BCUT2D eigenvalue weighted by molar-refractivity contribution is -0.124. The molecule has 1 rings (SSSR count). The number of Topliss-reactive ketones (excluding diaryl/α,β-unsaturated/α-hetero) is 1. The van der Waals surface area contributed by atoms with Crippen LogP contribution in [0.3, 0.4) is 0 Å². The molecular weight excluding hydrogens is 616 g/mol. The van der Waals surface area contributed by atoms with Crippen LogP contribution in [0.5, 0.6) is 0 Å². The SMILES string of the molecule is C=C(N)NC(=O)C(=N/C(=C\C)CNc1ccc(C(=O)NC(CCC(=O)NC(C)(C)CCOC(C)(C)CC(C)=O)C(O)=C=O)cc1)C(=C)C. The number of rotatable bonds is 20. The number of ketones is 1. The molecule has 0 saturated carbocycles. The van der Waals surface area contributed by atoms with E-state index in [1.807, 2.05) is 27.7 Å². The van der Waals surface area contributed by atoms with Crippen molar-refractivity contribution in [2.45, 2.75) is 91.3 Å². The van der Waals surface area contributed by atoms with Gasteiger partial charge in [0.25, 0.3) is 11.8 Å². The number of hydrogen-bond donors (Lipinski definition) is 6. The van der Waals surface area contributed by atoms with Crippen molar-refractivity contribution in [3.8, 4) is 0 Å². The van der Waals surface area contributed by atoms with E-state index in [4.69, 9.17) is 10.5 Å². The number of aliphatic hydroxyl groups is 1. The fourth-order valence-corrected chi connectivity index (χ4v) is 4.43. The number of nitrogens with two attached hydrogens (primary N) is 1. The number of hydrogen-bond acceptors (Lipinski definition) is 10. The molecule has 13 nitrogen and oxygen atoms in total. The number of amides is 3. The molecule has 7 N–H and O–H groups in total. The van der Waals surface area contributed by atoms with Crippen molar-refractivity contribution >= 4 is 40.8 Å². The molecule has 48 heavy (non-hydrogen) atoms. The van der Waals surface area contributed by atoms with Crippen LogP contribution in [-0.4, -0.2) is 70.6 Å². The highest BCUT2D eigenvalue weighted by Gasteiger charge is 2.26. The number of carbonyl (C=O) groups excluding carboxylic acids is 5. The summed E-state index contributed by atoms with van der Waals surface area (Å²) >= 11 is 0. The molecule has 0 saturated heterocycles. The highest BCUT2D eigenvalue weighted by molar-refractivity contribution is 6.45. The molecule has 0 radical (unpaired) electrons. The lowest BCUT2D eigenvalue weighted by Gasteiger charge is -2.30. The first kappa shape index (κ1) is 41.0. The van der Waals surface area contributed by atoms with Crippen LogP contribution in [0.25, 0.3) is 0 Å². The third kappa shape index (κ3) is 15.5. The van der Waals surface area contributed by atoms with Gasteiger partial charge in [-0.3, -0.25) is 19.2 Å². The van der Waals surface area contributed by atoms with Crippen molar-refractivity contribution in [2.24, 2.45) is 10.7 Å². The Labute approximate surface area is 282 Å². The van der Waals surface area contributed by atoms with E-state index in [1.54, 1.807) is 44.2 Å². The first-order valence-corrected chi connectivity index (χ1v) is 15.5. The second kappa shape index (κ2) is 19.0. The number of nitrogens with one attached hydrogen (secondary N) is 4. The molecule has 0 fully saturated rings. The van der Waals surface area contributed by atoms with Gasteiger partial charge in [-0.25, -0.2) is 9.79 Å². The highest BCUT2D eigenvalue weighted by atomic mass is 16.5. The Morgan fingerprint density at radius 2 is 1.73 bits per heavy atom. The Hall–Kier alpha value is -5.00. The van der Waals surface area contributed by atoms with Crippen LogP contribution in [-0.2, 0) is 23.9 Å². The van der Waals surface area contributed by atoms with E-state index in [-0.39, 0.29) is 54.6 Å². The Balaban J connectivity index is 2.79. The number of nitrogens with zero attached hydrogens (tertiary/aromatic N) is 1. The quantitative estimate of drug-likeness (QED) is 0.0681. The van der Waals surface area contributed by atoms with Gasteiger partial charge in [-0.2, -0.15) is 0 Å². The van der Waals surface area contributed by atoms with Crippen molar-refractivity contribution < 1.29 is 33.8 Å². The number of carbonyl (C=O) groups is 4. The lowest BCUT2D eigenvalue weighted by Crippen LogP contribution is -2.45. The van der Waals surface area contributed by atoms with Crippen molar-refractivity contribution in [1.29, 1.82) is 0 Å². The number of anilines is 1. The predicted molar refractivity (Wildman–Crippen MR) is 187 cm³/mol. The molecule has 1 aromatic rings. The molecule has 1 unspecified atom stereocenters. The van der Waals surface area contributed by atoms with E-state index in [0.717, 1.165) is 0 Å². The fourth-order valence-electron chi connectivity index (χ4n) is 4.43.